The molecule has 0 aliphatic heterocycles. The number of amides is 1. The molecule has 130 valence electrons. The Morgan fingerprint density at radius 1 is 1.28 bits per heavy atom. The minimum absolute atomic E-state index is 0.116. The average molecular weight is 339 g/mol. The molecule has 2 aromatic heterocycles. The number of hydrogen-bond donors (Lipinski definition) is 1. The second kappa shape index (κ2) is 7.25. The summed E-state index contributed by atoms with van der Waals surface area (Å²) in [6.07, 6.45) is 1.49. The average Bonchev–Trinajstić information content (AvgIpc) is 3.23. The van der Waals surface area contributed by atoms with E-state index in [1.807, 2.05) is 30.7 Å². The van der Waals surface area contributed by atoms with Gasteiger partial charge in [0, 0.05) is 24.3 Å². The normalized spacial score (nSPS) is 12.1. The summed E-state index contributed by atoms with van der Waals surface area (Å²) in [6.45, 7) is 7.45. The molecule has 1 N–H and O–H groups in total. The Kier molecular flexibility index (Phi) is 4.87. The predicted molar refractivity (Wildman–Crippen MR) is 92.4 cm³/mol. The first kappa shape index (κ1) is 16.8. The van der Waals surface area contributed by atoms with Crippen LogP contribution in [0.3, 0.4) is 0 Å². The lowest BCUT2D eigenvalue weighted by Gasteiger charge is -2.14. The van der Waals surface area contributed by atoms with E-state index in [1.54, 1.807) is 12.1 Å². The fourth-order valence-electron chi connectivity index (χ4n) is 2.66. The summed E-state index contributed by atoms with van der Waals surface area (Å²) in [6, 6.07) is 9.24. The van der Waals surface area contributed by atoms with Gasteiger partial charge in [0.2, 0.25) is 0 Å². The number of nitrogens with zero attached hydrogens (tertiary/aromatic N) is 6. The molecule has 0 radical (unpaired) electrons. The van der Waals surface area contributed by atoms with Crippen molar-refractivity contribution in [1.29, 1.82) is 0 Å². The zero-order chi connectivity index (χ0) is 17.8. The molecule has 3 aromatic rings. The minimum atomic E-state index is -0.116. The van der Waals surface area contributed by atoms with E-state index in [0.29, 0.717) is 12.1 Å². The monoisotopic (exact) mass is 339 g/mol. The number of rotatable bonds is 6. The Morgan fingerprint density at radius 3 is 2.80 bits per heavy atom. The number of carbonyl (C=O) groups excluding carboxylic acids is 1. The van der Waals surface area contributed by atoms with E-state index in [2.05, 4.69) is 38.9 Å². The summed E-state index contributed by atoms with van der Waals surface area (Å²) >= 11 is 0. The van der Waals surface area contributed by atoms with Crippen LogP contribution in [-0.4, -0.2) is 42.4 Å². The van der Waals surface area contributed by atoms with Gasteiger partial charge in [-0.3, -0.25) is 9.48 Å². The molecule has 0 aliphatic rings. The van der Waals surface area contributed by atoms with Crippen LogP contribution in [0.5, 0.6) is 0 Å². The van der Waals surface area contributed by atoms with Gasteiger partial charge in [-0.05, 0) is 54.5 Å². The highest BCUT2D eigenvalue weighted by molar-refractivity contribution is 5.94. The molecular formula is C17H21N7O. The van der Waals surface area contributed by atoms with Crippen molar-refractivity contribution in [3.05, 3.63) is 53.6 Å². The van der Waals surface area contributed by atoms with Crippen LogP contribution in [0.15, 0.2) is 36.7 Å². The number of hydrogen-bond acceptors (Lipinski definition) is 5. The third-order valence-electron chi connectivity index (χ3n) is 3.92. The van der Waals surface area contributed by atoms with Crippen LogP contribution >= 0.6 is 0 Å². The zero-order valence-electron chi connectivity index (χ0n) is 14.5. The van der Waals surface area contributed by atoms with Gasteiger partial charge in [-0.1, -0.05) is 13.0 Å². The summed E-state index contributed by atoms with van der Waals surface area (Å²) in [4.78, 5) is 12.4. The zero-order valence-corrected chi connectivity index (χ0v) is 14.5. The van der Waals surface area contributed by atoms with Gasteiger partial charge in [-0.15, -0.1) is 5.10 Å². The highest BCUT2D eigenvalue weighted by Gasteiger charge is 2.11. The van der Waals surface area contributed by atoms with E-state index >= 15 is 0 Å². The number of carbonyl (C=O) groups is 1. The Hall–Kier alpha value is -3.03. The molecule has 1 aromatic carbocycles. The molecule has 0 fully saturated rings. The SMILES string of the molecule is Cc1cc(C)n(CC(C)CNC(=O)c2cccc(-n3cnnn3)c2)n1. The van der Waals surface area contributed by atoms with Crippen LogP contribution in [0.1, 0.15) is 28.7 Å². The van der Waals surface area contributed by atoms with Gasteiger partial charge in [-0.25, -0.2) is 4.68 Å². The van der Waals surface area contributed by atoms with E-state index in [9.17, 15) is 4.79 Å². The van der Waals surface area contributed by atoms with Gasteiger partial charge >= 0.3 is 0 Å². The molecule has 0 saturated carbocycles. The first-order valence-corrected chi connectivity index (χ1v) is 8.15. The third-order valence-corrected chi connectivity index (χ3v) is 3.92. The van der Waals surface area contributed by atoms with Crippen molar-refractivity contribution in [2.75, 3.05) is 6.54 Å². The lowest BCUT2D eigenvalue weighted by molar-refractivity contribution is 0.0946. The van der Waals surface area contributed by atoms with Crippen molar-refractivity contribution in [1.82, 2.24) is 35.3 Å². The van der Waals surface area contributed by atoms with E-state index in [-0.39, 0.29) is 11.8 Å². The van der Waals surface area contributed by atoms with Crippen molar-refractivity contribution < 1.29 is 4.79 Å². The standard InChI is InChI=1S/C17H21N7O/c1-12(10-23-14(3)7-13(2)20-23)9-18-17(25)15-5-4-6-16(8-15)24-11-19-21-22-24/h4-8,11-12H,9-10H2,1-3H3,(H,18,25). The Balaban J connectivity index is 1.59. The fourth-order valence-corrected chi connectivity index (χ4v) is 2.66. The number of benzene rings is 1. The molecule has 3 rings (SSSR count). The van der Waals surface area contributed by atoms with Gasteiger partial charge < -0.3 is 5.32 Å². The van der Waals surface area contributed by atoms with Crippen molar-refractivity contribution in [2.24, 2.45) is 5.92 Å². The predicted octanol–water partition coefficient (Wildman–Crippen LogP) is 1.54. The molecule has 8 heteroatoms. The van der Waals surface area contributed by atoms with E-state index in [4.69, 9.17) is 0 Å². The lowest BCUT2D eigenvalue weighted by Crippen LogP contribution is -2.30. The molecule has 2 heterocycles. The summed E-state index contributed by atoms with van der Waals surface area (Å²) in [5.41, 5.74) is 3.46. The Bertz CT molecular complexity index is 854. The molecule has 0 saturated heterocycles. The Labute approximate surface area is 145 Å². The second-order valence-electron chi connectivity index (χ2n) is 6.23. The van der Waals surface area contributed by atoms with Crippen LogP contribution < -0.4 is 5.32 Å². The van der Waals surface area contributed by atoms with Crippen molar-refractivity contribution in [3.63, 3.8) is 0 Å². The third kappa shape index (κ3) is 4.09. The number of aromatic nitrogens is 6. The molecule has 25 heavy (non-hydrogen) atoms. The van der Waals surface area contributed by atoms with E-state index in [0.717, 1.165) is 23.6 Å². The maximum atomic E-state index is 12.4. The van der Waals surface area contributed by atoms with E-state index in [1.165, 1.54) is 11.0 Å². The van der Waals surface area contributed by atoms with Gasteiger partial charge in [0.25, 0.3) is 5.91 Å². The summed E-state index contributed by atoms with van der Waals surface area (Å²) in [5, 5.41) is 18.5. The van der Waals surface area contributed by atoms with E-state index < -0.39 is 0 Å². The van der Waals surface area contributed by atoms with Gasteiger partial charge in [0.1, 0.15) is 6.33 Å². The van der Waals surface area contributed by atoms with Crippen LogP contribution in [-0.2, 0) is 6.54 Å². The summed E-state index contributed by atoms with van der Waals surface area (Å²) in [7, 11) is 0. The first-order chi connectivity index (χ1) is 12.0. The van der Waals surface area contributed by atoms with Crippen LogP contribution in [0, 0.1) is 19.8 Å². The Morgan fingerprint density at radius 2 is 2.12 bits per heavy atom. The molecule has 1 atom stereocenters. The summed E-state index contributed by atoms with van der Waals surface area (Å²) < 4.78 is 3.49. The van der Waals surface area contributed by atoms with Gasteiger partial charge in [-0.2, -0.15) is 5.10 Å². The van der Waals surface area contributed by atoms with Gasteiger partial charge in [0.05, 0.1) is 11.4 Å². The number of nitrogens with one attached hydrogen (secondary N) is 1. The highest BCUT2D eigenvalue weighted by atomic mass is 16.1. The topological polar surface area (TPSA) is 90.5 Å². The smallest absolute Gasteiger partial charge is 0.251 e. The number of tetrazole rings is 1. The van der Waals surface area contributed by atoms with Crippen LogP contribution in [0.25, 0.3) is 5.69 Å². The second-order valence-corrected chi connectivity index (χ2v) is 6.23. The molecule has 1 amide bonds. The van der Waals surface area contributed by atoms with Crippen LogP contribution in [0.4, 0.5) is 0 Å². The van der Waals surface area contributed by atoms with Crippen LogP contribution in [0.2, 0.25) is 0 Å². The van der Waals surface area contributed by atoms with Crippen molar-refractivity contribution in [3.8, 4) is 5.69 Å². The quantitative estimate of drug-likeness (QED) is 0.736. The lowest BCUT2D eigenvalue weighted by atomic mass is 10.1. The summed E-state index contributed by atoms with van der Waals surface area (Å²) in [5.74, 6) is 0.153. The number of aryl methyl sites for hydroxylation is 2. The first-order valence-electron chi connectivity index (χ1n) is 8.15. The largest absolute Gasteiger partial charge is 0.352 e. The molecule has 0 aliphatic carbocycles. The maximum Gasteiger partial charge on any atom is 0.251 e. The fraction of sp³-hybridized carbons (Fsp3) is 0.353. The minimum Gasteiger partial charge on any atom is -0.352 e. The van der Waals surface area contributed by atoms with Crippen molar-refractivity contribution in [2.45, 2.75) is 27.3 Å². The molecule has 0 bridgehead atoms. The van der Waals surface area contributed by atoms with Crippen molar-refractivity contribution >= 4 is 5.91 Å². The van der Waals surface area contributed by atoms with Gasteiger partial charge in [0.15, 0.2) is 0 Å². The molecule has 8 nitrogen and oxygen atoms in total. The molecular weight excluding hydrogens is 318 g/mol. The molecule has 1 unspecified atom stereocenters. The highest BCUT2D eigenvalue weighted by Crippen LogP contribution is 2.10. The molecule has 0 spiro atoms. The maximum absolute atomic E-state index is 12.4.